The third-order valence-corrected chi connectivity index (χ3v) is 2.38. The van der Waals surface area contributed by atoms with E-state index in [-0.39, 0.29) is 0 Å². The molecule has 18 heavy (non-hydrogen) atoms. The first-order valence-electron chi connectivity index (χ1n) is 6.02. The van der Waals surface area contributed by atoms with Crippen LogP contribution in [-0.4, -0.2) is 6.54 Å². The number of hydrogen-bond acceptors (Lipinski definition) is 3. The van der Waals surface area contributed by atoms with Gasteiger partial charge >= 0.3 is 0 Å². The number of aryl methyl sites for hydroxylation is 1. The van der Waals surface area contributed by atoms with Gasteiger partial charge in [0.25, 0.3) is 0 Å². The van der Waals surface area contributed by atoms with Crippen molar-refractivity contribution in [2.24, 2.45) is 0 Å². The van der Waals surface area contributed by atoms with Crippen LogP contribution in [0.3, 0.4) is 0 Å². The number of nitrogens with one attached hydrogen (secondary N) is 1. The Bertz CT molecular complexity index is 494. The Morgan fingerprint density at radius 3 is 2.33 bits per heavy atom. The van der Waals surface area contributed by atoms with E-state index < -0.39 is 0 Å². The molecule has 0 amide bonds. The van der Waals surface area contributed by atoms with Gasteiger partial charge in [0.1, 0.15) is 17.2 Å². The highest BCUT2D eigenvalue weighted by Crippen LogP contribution is 2.24. The minimum atomic E-state index is 0.765. The molecule has 1 N–H and O–H groups in total. The molecule has 0 radical (unpaired) electrons. The predicted octanol–water partition coefficient (Wildman–Crippen LogP) is 3.69. The summed E-state index contributed by atoms with van der Waals surface area (Å²) in [7, 11) is 0. The quantitative estimate of drug-likeness (QED) is 0.812. The summed E-state index contributed by atoms with van der Waals surface area (Å²) >= 11 is 0. The van der Waals surface area contributed by atoms with Crippen molar-refractivity contribution in [1.82, 2.24) is 5.48 Å². The Morgan fingerprint density at radius 1 is 0.944 bits per heavy atom. The molecule has 0 aliphatic rings. The molecule has 3 heteroatoms. The summed E-state index contributed by atoms with van der Waals surface area (Å²) in [5.41, 5.74) is 3.98. The highest BCUT2D eigenvalue weighted by molar-refractivity contribution is 5.36. The lowest BCUT2D eigenvalue weighted by Gasteiger charge is -2.08. The Kier molecular flexibility index (Phi) is 4.20. The summed E-state index contributed by atoms with van der Waals surface area (Å²) < 4.78 is 5.74. The van der Waals surface area contributed by atoms with Crippen LogP contribution in [0.15, 0.2) is 48.5 Å². The van der Waals surface area contributed by atoms with E-state index in [0.29, 0.717) is 0 Å². The maximum atomic E-state index is 5.74. The topological polar surface area (TPSA) is 30.5 Å². The molecule has 0 saturated carbocycles. The van der Waals surface area contributed by atoms with Gasteiger partial charge in [0.15, 0.2) is 0 Å². The number of ether oxygens (including phenoxy) is 1. The fourth-order valence-electron chi connectivity index (χ4n) is 1.55. The van der Waals surface area contributed by atoms with Crippen LogP contribution in [0, 0.1) is 6.92 Å². The largest absolute Gasteiger partial charge is 0.457 e. The minimum Gasteiger partial charge on any atom is -0.457 e. The molecule has 0 fully saturated rings. The molecule has 0 aliphatic heterocycles. The van der Waals surface area contributed by atoms with Crippen LogP contribution >= 0.6 is 0 Å². The molecular formula is C15H17NO2. The number of benzene rings is 2. The zero-order valence-corrected chi connectivity index (χ0v) is 10.6. The fraction of sp³-hybridized carbons (Fsp3) is 0.200. The normalized spacial score (nSPS) is 10.1. The van der Waals surface area contributed by atoms with Crippen LogP contribution in [0.2, 0.25) is 0 Å². The van der Waals surface area contributed by atoms with Gasteiger partial charge in [0.05, 0.1) is 0 Å². The van der Waals surface area contributed by atoms with Crippen molar-refractivity contribution < 1.29 is 9.57 Å². The van der Waals surface area contributed by atoms with Crippen LogP contribution in [0.4, 0.5) is 0 Å². The van der Waals surface area contributed by atoms with E-state index in [1.165, 1.54) is 5.56 Å². The molecule has 2 rings (SSSR count). The van der Waals surface area contributed by atoms with Crippen LogP contribution in [0.1, 0.15) is 12.5 Å². The summed E-state index contributed by atoms with van der Waals surface area (Å²) in [6, 6.07) is 15.5. The van der Waals surface area contributed by atoms with Crippen molar-refractivity contribution in [1.29, 1.82) is 0 Å². The highest BCUT2D eigenvalue weighted by atomic mass is 16.6. The zero-order valence-electron chi connectivity index (χ0n) is 10.6. The summed E-state index contributed by atoms with van der Waals surface area (Å²) in [4.78, 5) is 5.27. The molecule has 0 saturated heterocycles. The van der Waals surface area contributed by atoms with E-state index in [0.717, 1.165) is 23.8 Å². The first-order valence-corrected chi connectivity index (χ1v) is 6.02. The summed E-state index contributed by atoms with van der Waals surface area (Å²) in [6.45, 7) is 4.79. The first kappa shape index (κ1) is 12.5. The van der Waals surface area contributed by atoms with E-state index in [4.69, 9.17) is 9.57 Å². The molecule has 0 bridgehead atoms. The second-order valence-electron chi connectivity index (χ2n) is 3.99. The molecule has 2 aromatic carbocycles. The summed E-state index contributed by atoms with van der Waals surface area (Å²) in [6.07, 6.45) is 0. The second kappa shape index (κ2) is 6.07. The van der Waals surface area contributed by atoms with E-state index >= 15 is 0 Å². The zero-order chi connectivity index (χ0) is 12.8. The average Bonchev–Trinajstić information content (AvgIpc) is 2.38. The SMILES string of the molecule is CCNOc1ccc(Oc2cccc(C)c2)cc1. The van der Waals surface area contributed by atoms with Gasteiger partial charge in [-0.05, 0) is 55.8 Å². The maximum Gasteiger partial charge on any atom is 0.147 e. The number of hydroxylamine groups is 1. The molecule has 0 heterocycles. The lowest BCUT2D eigenvalue weighted by molar-refractivity contribution is 0.202. The third-order valence-electron chi connectivity index (χ3n) is 2.38. The number of hydrogen-bond donors (Lipinski definition) is 1. The van der Waals surface area contributed by atoms with Gasteiger partial charge in [-0.25, -0.2) is 0 Å². The lowest BCUT2D eigenvalue weighted by Crippen LogP contribution is -2.16. The monoisotopic (exact) mass is 243 g/mol. The molecule has 0 spiro atoms. The van der Waals surface area contributed by atoms with Gasteiger partial charge in [-0.15, -0.1) is 0 Å². The van der Waals surface area contributed by atoms with E-state index in [9.17, 15) is 0 Å². The molecule has 3 nitrogen and oxygen atoms in total. The van der Waals surface area contributed by atoms with Crippen molar-refractivity contribution in [3.8, 4) is 17.2 Å². The van der Waals surface area contributed by atoms with Gasteiger partial charge in [0.2, 0.25) is 0 Å². The van der Waals surface area contributed by atoms with E-state index in [1.54, 1.807) is 0 Å². The minimum absolute atomic E-state index is 0.765. The third kappa shape index (κ3) is 3.50. The van der Waals surface area contributed by atoms with Gasteiger partial charge in [-0.2, -0.15) is 5.48 Å². The Balaban J connectivity index is 2.02. The molecule has 0 atom stereocenters. The molecule has 0 unspecified atom stereocenters. The molecule has 0 aromatic heterocycles. The smallest absolute Gasteiger partial charge is 0.147 e. The summed E-state index contributed by atoms with van der Waals surface area (Å²) in [5.74, 6) is 2.41. The van der Waals surface area contributed by atoms with Gasteiger partial charge in [0, 0.05) is 6.54 Å². The Hall–Kier alpha value is -2.00. The highest BCUT2D eigenvalue weighted by Gasteiger charge is 1.98. The van der Waals surface area contributed by atoms with Gasteiger partial charge in [-0.1, -0.05) is 12.1 Å². The van der Waals surface area contributed by atoms with Crippen molar-refractivity contribution in [2.75, 3.05) is 6.54 Å². The molecule has 2 aromatic rings. The molecule has 94 valence electrons. The number of rotatable bonds is 5. The fourth-order valence-corrected chi connectivity index (χ4v) is 1.55. The van der Waals surface area contributed by atoms with E-state index in [1.807, 2.05) is 62.4 Å². The summed E-state index contributed by atoms with van der Waals surface area (Å²) in [5, 5.41) is 0. The standard InChI is InChI=1S/C15H17NO2/c1-3-16-18-14-9-7-13(8-10-14)17-15-6-4-5-12(2)11-15/h4-11,16H,3H2,1-2H3. The second-order valence-corrected chi connectivity index (χ2v) is 3.99. The van der Waals surface area contributed by atoms with Crippen molar-refractivity contribution >= 4 is 0 Å². The van der Waals surface area contributed by atoms with Crippen molar-refractivity contribution in [3.05, 3.63) is 54.1 Å². The molecule has 0 aliphatic carbocycles. The van der Waals surface area contributed by atoms with Crippen LogP contribution in [-0.2, 0) is 0 Å². The van der Waals surface area contributed by atoms with Crippen LogP contribution in [0.25, 0.3) is 0 Å². The average molecular weight is 243 g/mol. The lowest BCUT2D eigenvalue weighted by atomic mass is 10.2. The Morgan fingerprint density at radius 2 is 1.67 bits per heavy atom. The van der Waals surface area contributed by atoms with Gasteiger partial charge in [-0.3, -0.25) is 0 Å². The first-order chi connectivity index (χ1) is 8.78. The Labute approximate surface area is 107 Å². The maximum absolute atomic E-state index is 5.74. The predicted molar refractivity (Wildman–Crippen MR) is 72.0 cm³/mol. The molecular weight excluding hydrogens is 226 g/mol. The van der Waals surface area contributed by atoms with Crippen LogP contribution < -0.4 is 15.1 Å². The van der Waals surface area contributed by atoms with E-state index in [2.05, 4.69) is 5.48 Å². The van der Waals surface area contributed by atoms with Crippen molar-refractivity contribution in [2.45, 2.75) is 13.8 Å². The van der Waals surface area contributed by atoms with Gasteiger partial charge < -0.3 is 9.57 Å². The van der Waals surface area contributed by atoms with Crippen LogP contribution in [0.5, 0.6) is 17.2 Å². The van der Waals surface area contributed by atoms with Crippen molar-refractivity contribution in [3.63, 3.8) is 0 Å².